The van der Waals surface area contributed by atoms with E-state index in [2.05, 4.69) is 36.1 Å². The molecule has 1 fully saturated rings. The number of hydrogen-bond donors (Lipinski definition) is 0. The molecule has 0 aromatic heterocycles. The molecule has 1 aliphatic heterocycles. The van der Waals surface area contributed by atoms with Gasteiger partial charge in [0.2, 0.25) is 0 Å². The Morgan fingerprint density at radius 2 is 2.07 bits per heavy atom. The van der Waals surface area contributed by atoms with E-state index in [1.165, 1.54) is 31.5 Å². The second-order valence-corrected chi connectivity index (χ2v) is 4.67. The maximum absolute atomic E-state index is 2.54. The smallest absolute Gasteiger partial charge is 0.0405 e. The lowest BCUT2D eigenvalue weighted by Crippen LogP contribution is -2.39. The molecule has 0 N–H and O–H groups in total. The van der Waals surface area contributed by atoms with Gasteiger partial charge in [-0.15, -0.1) is 0 Å². The first-order valence-electron chi connectivity index (χ1n) is 5.70. The standard InChI is InChI=1S/C13H17N/c1-2-14-10-13(8-5-9-13)11-6-3-4-7-12(11)14/h3-4,6-7H,2,5,8-10H2,1H3. The van der Waals surface area contributed by atoms with Gasteiger partial charge in [-0.05, 0) is 31.4 Å². The summed E-state index contributed by atoms with van der Waals surface area (Å²) >= 11 is 0. The minimum Gasteiger partial charge on any atom is -0.371 e. The first kappa shape index (κ1) is 8.34. The maximum atomic E-state index is 2.54. The SMILES string of the molecule is CCN1CC2(CCC2)c2ccccc21. The van der Waals surface area contributed by atoms with Gasteiger partial charge in [-0.1, -0.05) is 24.6 Å². The van der Waals surface area contributed by atoms with Crippen molar-refractivity contribution in [2.45, 2.75) is 31.6 Å². The minimum atomic E-state index is 0.548. The number of benzene rings is 1. The van der Waals surface area contributed by atoms with E-state index in [4.69, 9.17) is 0 Å². The van der Waals surface area contributed by atoms with E-state index >= 15 is 0 Å². The van der Waals surface area contributed by atoms with Crippen LogP contribution in [-0.4, -0.2) is 13.1 Å². The summed E-state index contributed by atoms with van der Waals surface area (Å²) in [5, 5.41) is 0. The molecular formula is C13H17N. The number of para-hydroxylation sites is 1. The molecular weight excluding hydrogens is 170 g/mol. The van der Waals surface area contributed by atoms with E-state index < -0.39 is 0 Å². The van der Waals surface area contributed by atoms with Gasteiger partial charge in [0.05, 0.1) is 0 Å². The molecule has 1 heterocycles. The second-order valence-electron chi connectivity index (χ2n) is 4.67. The van der Waals surface area contributed by atoms with Crippen LogP contribution in [0.1, 0.15) is 31.7 Å². The average Bonchev–Trinajstić information content (AvgIpc) is 2.52. The molecule has 1 nitrogen and oxygen atoms in total. The van der Waals surface area contributed by atoms with Crippen molar-refractivity contribution in [2.24, 2.45) is 0 Å². The molecule has 0 bridgehead atoms. The summed E-state index contributed by atoms with van der Waals surface area (Å²) in [4.78, 5) is 2.54. The molecule has 0 radical (unpaired) electrons. The topological polar surface area (TPSA) is 3.24 Å². The van der Waals surface area contributed by atoms with Crippen molar-refractivity contribution in [2.75, 3.05) is 18.0 Å². The summed E-state index contributed by atoms with van der Waals surface area (Å²) in [5.74, 6) is 0. The Morgan fingerprint density at radius 3 is 2.71 bits per heavy atom. The summed E-state index contributed by atoms with van der Waals surface area (Å²) in [6.45, 7) is 4.68. The molecule has 1 aromatic rings. The van der Waals surface area contributed by atoms with Gasteiger partial charge in [-0.2, -0.15) is 0 Å². The molecule has 1 saturated carbocycles. The molecule has 3 rings (SSSR count). The van der Waals surface area contributed by atoms with Crippen LogP contribution in [0, 0.1) is 0 Å². The van der Waals surface area contributed by atoms with E-state index in [0.717, 1.165) is 6.54 Å². The van der Waals surface area contributed by atoms with Crippen molar-refractivity contribution in [3.63, 3.8) is 0 Å². The summed E-state index contributed by atoms with van der Waals surface area (Å²) in [7, 11) is 0. The van der Waals surface area contributed by atoms with Crippen LogP contribution in [0.2, 0.25) is 0 Å². The van der Waals surface area contributed by atoms with Crippen molar-refractivity contribution >= 4 is 5.69 Å². The highest BCUT2D eigenvalue weighted by atomic mass is 15.2. The third-order valence-corrected chi connectivity index (χ3v) is 4.00. The third-order valence-electron chi connectivity index (χ3n) is 4.00. The monoisotopic (exact) mass is 187 g/mol. The van der Waals surface area contributed by atoms with Gasteiger partial charge in [0, 0.05) is 24.2 Å². The molecule has 0 amide bonds. The number of anilines is 1. The van der Waals surface area contributed by atoms with Crippen LogP contribution in [-0.2, 0) is 5.41 Å². The zero-order chi connectivity index (χ0) is 9.60. The number of fused-ring (bicyclic) bond motifs is 2. The highest BCUT2D eigenvalue weighted by Gasteiger charge is 2.45. The summed E-state index contributed by atoms with van der Waals surface area (Å²) in [6.07, 6.45) is 4.23. The first-order chi connectivity index (χ1) is 6.86. The van der Waals surface area contributed by atoms with Gasteiger partial charge in [0.25, 0.3) is 0 Å². The summed E-state index contributed by atoms with van der Waals surface area (Å²) < 4.78 is 0. The molecule has 74 valence electrons. The lowest BCUT2D eigenvalue weighted by Gasteiger charge is -2.39. The number of hydrogen-bond acceptors (Lipinski definition) is 1. The fourth-order valence-corrected chi connectivity index (χ4v) is 3.05. The Bertz CT molecular complexity index is 352. The van der Waals surface area contributed by atoms with Gasteiger partial charge in [0.1, 0.15) is 0 Å². The summed E-state index contributed by atoms with van der Waals surface area (Å²) in [5.41, 5.74) is 3.66. The molecule has 1 heteroatoms. The highest BCUT2D eigenvalue weighted by Crippen LogP contribution is 2.52. The zero-order valence-electron chi connectivity index (χ0n) is 8.79. The normalized spacial score (nSPS) is 22.2. The van der Waals surface area contributed by atoms with E-state index in [0.29, 0.717) is 5.41 Å². The van der Waals surface area contributed by atoms with Crippen molar-refractivity contribution in [3.8, 4) is 0 Å². The van der Waals surface area contributed by atoms with Gasteiger partial charge in [-0.25, -0.2) is 0 Å². The van der Waals surface area contributed by atoms with E-state index in [-0.39, 0.29) is 0 Å². The Morgan fingerprint density at radius 1 is 1.29 bits per heavy atom. The molecule has 14 heavy (non-hydrogen) atoms. The van der Waals surface area contributed by atoms with Crippen molar-refractivity contribution in [1.29, 1.82) is 0 Å². The Labute approximate surface area is 85.7 Å². The first-order valence-corrected chi connectivity index (χ1v) is 5.70. The maximum Gasteiger partial charge on any atom is 0.0405 e. The lowest BCUT2D eigenvalue weighted by atomic mass is 9.66. The molecule has 1 spiro atoms. The van der Waals surface area contributed by atoms with Crippen LogP contribution < -0.4 is 4.90 Å². The zero-order valence-corrected chi connectivity index (χ0v) is 8.79. The molecule has 0 unspecified atom stereocenters. The fourth-order valence-electron chi connectivity index (χ4n) is 3.05. The molecule has 2 aliphatic rings. The van der Waals surface area contributed by atoms with Crippen molar-refractivity contribution < 1.29 is 0 Å². The number of likely N-dealkylation sites (N-methyl/N-ethyl adjacent to an activating group) is 1. The number of rotatable bonds is 1. The van der Waals surface area contributed by atoms with E-state index in [1.807, 2.05) is 0 Å². The highest BCUT2D eigenvalue weighted by molar-refractivity contribution is 5.63. The van der Waals surface area contributed by atoms with Crippen LogP contribution in [0.5, 0.6) is 0 Å². The quantitative estimate of drug-likeness (QED) is 0.653. The Kier molecular flexibility index (Phi) is 1.64. The van der Waals surface area contributed by atoms with Crippen molar-refractivity contribution in [3.05, 3.63) is 29.8 Å². The predicted molar refractivity (Wildman–Crippen MR) is 59.9 cm³/mol. The summed E-state index contributed by atoms with van der Waals surface area (Å²) in [6, 6.07) is 8.98. The van der Waals surface area contributed by atoms with Crippen LogP contribution in [0.4, 0.5) is 5.69 Å². The minimum absolute atomic E-state index is 0.548. The number of nitrogens with zero attached hydrogens (tertiary/aromatic N) is 1. The predicted octanol–water partition coefficient (Wildman–Crippen LogP) is 2.95. The van der Waals surface area contributed by atoms with Gasteiger partial charge < -0.3 is 4.90 Å². The van der Waals surface area contributed by atoms with Crippen LogP contribution >= 0.6 is 0 Å². The second kappa shape index (κ2) is 2.75. The van der Waals surface area contributed by atoms with Gasteiger partial charge in [0.15, 0.2) is 0 Å². The van der Waals surface area contributed by atoms with Crippen LogP contribution in [0.3, 0.4) is 0 Å². The third kappa shape index (κ3) is 0.902. The Balaban J connectivity index is 2.09. The average molecular weight is 187 g/mol. The Hall–Kier alpha value is -0.980. The van der Waals surface area contributed by atoms with E-state index in [9.17, 15) is 0 Å². The lowest BCUT2D eigenvalue weighted by molar-refractivity contribution is 0.264. The molecule has 0 atom stereocenters. The van der Waals surface area contributed by atoms with Gasteiger partial charge >= 0.3 is 0 Å². The fraction of sp³-hybridized carbons (Fsp3) is 0.538. The van der Waals surface area contributed by atoms with Gasteiger partial charge in [-0.3, -0.25) is 0 Å². The molecule has 1 aliphatic carbocycles. The molecule has 1 aromatic carbocycles. The largest absolute Gasteiger partial charge is 0.371 e. The van der Waals surface area contributed by atoms with E-state index in [1.54, 1.807) is 5.56 Å². The van der Waals surface area contributed by atoms with Crippen molar-refractivity contribution in [1.82, 2.24) is 0 Å². The molecule has 0 saturated heterocycles. The van der Waals surface area contributed by atoms with Crippen LogP contribution in [0.25, 0.3) is 0 Å². The van der Waals surface area contributed by atoms with Crippen LogP contribution in [0.15, 0.2) is 24.3 Å².